The van der Waals surface area contributed by atoms with Crippen LogP contribution < -0.4 is 0 Å². The number of rotatable bonds is 1. The van der Waals surface area contributed by atoms with E-state index in [1.165, 1.54) is 29.8 Å². The Hall–Kier alpha value is -1.88. The van der Waals surface area contributed by atoms with Crippen molar-refractivity contribution >= 4 is 21.6 Å². The number of fused-ring (bicyclic) bond motifs is 1. The Balaban J connectivity index is 2.30. The Kier molecular flexibility index (Phi) is 2.33. The first kappa shape index (κ1) is 10.3. The summed E-state index contributed by atoms with van der Waals surface area (Å²) in [5, 5.41) is 2.65. The molecule has 1 aromatic carbocycles. The van der Waals surface area contributed by atoms with Crippen molar-refractivity contribution in [3.05, 3.63) is 47.6 Å². The predicted octanol–water partition coefficient (Wildman–Crippen LogP) is 3.64. The molecule has 0 spiro atoms. The molecule has 84 valence electrons. The molecule has 0 bridgehead atoms. The summed E-state index contributed by atoms with van der Waals surface area (Å²) in [4.78, 5) is 8.95. The van der Waals surface area contributed by atoms with Gasteiger partial charge in [-0.1, -0.05) is 0 Å². The van der Waals surface area contributed by atoms with E-state index in [4.69, 9.17) is 0 Å². The van der Waals surface area contributed by atoms with E-state index < -0.39 is 11.6 Å². The molecule has 17 heavy (non-hydrogen) atoms. The maximum Gasteiger partial charge on any atom is 0.135 e. The number of hydrogen-bond acceptors (Lipinski definition) is 3. The number of thiophene rings is 1. The molecule has 3 aromatic rings. The normalized spacial score (nSPS) is 10.9. The highest BCUT2D eigenvalue weighted by Crippen LogP contribution is 2.30. The molecule has 3 rings (SSSR count). The standard InChI is InChI=1S/C12H6F2N2S/c13-7-1-2-8(10(14)5-7)11-9-3-4-17-12(9)16-6-15-11/h1-6H. The number of benzene rings is 1. The van der Waals surface area contributed by atoms with Crippen molar-refractivity contribution in [3.8, 4) is 11.3 Å². The summed E-state index contributed by atoms with van der Waals surface area (Å²) in [7, 11) is 0. The molecule has 2 nitrogen and oxygen atoms in total. The lowest BCUT2D eigenvalue weighted by Crippen LogP contribution is -1.90. The highest BCUT2D eigenvalue weighted by molar-refractivity contribution is 7.16. The number of aromatic nitrogens is 2. The second kappa shape index (κ2) is 3.85. The van der Waals surface area contributed by atoms with E-state index in [-0.39, 0.29) is 5.56 Å². The summed E-state index contributed by atoms with van der Waals surface area (Å²) in [5.41, 5.74) is 0.783. The maximum atomic E-state index is 13.7. The Morgan fingerprint density at radius 3 is 2.76 bits per heavy atom. The van der Waals surface area contributed by atoms with Crippen molar-refractivity contribution in [3.63, 3.8) is 0 Å². The van der Waals surface area contributed by atoms with Gasteiger partial charge in [-0.2, -0.15) is 0 Å². The molecule has 0 amide bonds. The Morgan fingerprint density at radius 2 is 1.94 bits per heavy atom. The topological polar surface area (TPSA) is 25.8 Å². The molecule has 0 aliphatic carbocycles. The van der Waals surface area contributed by atoms with Crippen molar-refractivity contribution in [2.45, 2.75) is 0 Å². The fraction of sp³-hybridized carbons (Fsp3) is 0. The summed E-state index contributed by atoms with van der Waals surface area (Å²) in [6.45, 7) is 0. The minimum atomic E-state index is -0.615. The molecular formula is C12H6F2N2S. The van der Waals surface area contributed by atoms with Crippen LogP contribution in [0.25, 0.3) is 21.5 Å². The predicted molar refractivity (Wildman–Crippen MR) is 62.8 cm³/mol. The smallest absolute Gasteiger partial charge is 0.135 e. The summed E-state index contributed by atoms with van der Waals surface area (Å²) in [6.07, 6.45) is 1.39. The van der Waals surface area contributed by atoms with Crippen LogP contribution in [-0.2, 0) is 0 Å². The molecule has 0 radical (unpaired) electrons. The zero-order chi connectivity index (χ0) is 11.8. The first-order valence-corrected chi connectivity index (χ1v) is 5.77. The minimum absolute atomic E-state index is 0.289. The summed E-state index contributed by atoms with van der Waals surface area (Å²) >= 11 is 1.46. The molecule has 2 heterocycles. The van der Waals surface area contributed by atoms with Gasteiger partial charge in [-0.3, -0.25) is 0 Å². The minimum Gasteiger partial charge on any atom is -0.235 e. The average Bonchev–Trinajstić information content (AvgIpc) is 2.77. The Labute approximate surface area is 99.6 Å². The highest BCUT2D eigenvalue weighted by atomic mass is 32.1. The lowest BCUT2D eigenvalue weighted by molar-refractivity contribution is 0.585. The number of nitrogens with zero attached hydrogens (tertiary/aromatic N) is 2. The van der Waals surface area contributed by atoms with Crippen molar-refractivity contribution in [1.82, 2.24) is 9.97 Å². The van der Waals surface area contributed by atoms with Crippen LogP contribution in [0.5, 0.6) is 0 Å². The summed E-state index contributed by atoms with van der Waals surface area (Å²) in [6, 6.07) is 5.30. The van der Waals surface area contributed by atoms with E-state index in [0.29, 0.717) is 5.69 Å². The molecule has 2 aromatic heterocycles. The van der Waals surface area contributed by atoms with Gasteiger partial charge in [-0.05, 0) is 23.6 Å². The molecule has 0 atom stereocenters. The van der Waals surface area contributed by atoms with E-state index in [9.17, 15) is 8.78 Å². The third-order valence-corrected chi connectivity index (χ3v) is 3.27. The van der Waals surface area contributed by atoms with Crippen molar-refractivity contribution < 1.29 is 8.78 Å². The lowest BCUT2D eigenvalue weighted by Gasteiger charge is -2.03. The van der Waals surface area contributed by atoms with E-state index in [1.807, 2.05) is 11.4 Å². The van der Waals surface area contributed by atoms with Crippen LogP contribution in [0.3, 0.4) is 0 Å². The van der Waals surface area contributed by atoms with Gasteiger partial charge in [0.05, 0.1) is 5.69 Å². The van der Waals surface area contributed by atoms with Crippen molar-refractivity contribution in [2.75, 3.05) is 0 Å². The van der Waals surface area contributed by atoms with Crippen molar-refractivity contribution in [2.24, 2.45) is 0 Å². The summed E-state index contributed by atoms with van der Waals surface area (Å²) < 4.78 is 26.5. The fourth-order valence-corrected chi connectivity index (χ4v) is 2.42. The lowest BCUT2D eigenvalue weighted by atomic mass is 10.1. The van der Waals surface area contributed by atoms with Crippen molar-refractivity contribution in [1.29, 1.82) is 0 Å². The van der Waals surface area contributed by atoms with Gasteiger partial charge in [-0.25, -0.2) is 18.7 Å². The van der Waals surface area contributed by atoms with Crippen LogP contribution in [0.4, 0.5) is 8.78 Å². The van der Waals surface area contributed by atoms with Crippen LogP contribution in [0.15, 0.2) is 36.0 Å². The molecule has 5 heteroatoms. The quantitative estimate of drug-likeness (QED) is 0.657. The van der Waals surface area contributed by atoms with E-state index in [2.05, 4.69) is 9.97 Å². The largest absolute Gasteiger partial charge is 0.235 e. The second-order valence-electron chi connectivity index (χ2n) is 3.49. The Morgan fingerprint density at radius 1 is 1.06 bits per heavy atom. The van der Waals surface area contributed by atoms with E-state index in [0.717, 1.165) is 16.3 Å². The molecule has 0 aliphatic rings. The van der Waals surface area contributed by atoms with Crippen LogP contribution in [0, 0.1) is 11.6 Å². The maximum absolute atomic E-state index is 13.7. The Bertz CT molecular complexity index is 694. The first-order chi connectivity index (χ1) is 8.25. The molecule has 0 N–H and O–H groups in total. The number of hydrogen-bond donors (Lipinski definition) is 0. The second-order valence-corrected chi connectivity index (χ2v) is 4.38. The zero-order valence-corrected chi connectivity index (χ0v) is 9.34. The SMILES string of the molecule is Fc1ccc(-c2ncnc3sccc23)c(F)c1. The van der Waals surface area contributed by atoms with Gasteiger partial charge in [0.1, 0.15) is 22.8 Å². The van der Waals surface area contributed by atoms with Gasteiger partial charge >= 0.3 is 0 Å². The van der Waals surface area contributed by atoms with Gasteiger partial charge < -0.3 is 0 Å². The molecular weight excluding hydrogens is 242 g/mol. The third kappa shape index (κ3) is 1.68. The fourth-order valence-electron chi connectivity index (χ4n) is 1.69. The monoisotopic (exact) mass is 248 g/mol. The third-order valence-electron chi connectivity index (χ3n) is 2.45. The van der Waals surface area contributed by atoms with Crippen LogP contribution in [0.2, 0.25) is 0 Å². The van der Waals surface area contributed by atoms with E-state index in [1.54, 1.807) is 0 Å². The molecule has 0 saturated carbocycles. The molecule has 0 fully saturated rings. The molecule has 0 unspecified atom stereocenters. The van der Waals surface area contributed by atoms with Crippen LogP contribution in [0.1, 0.15) is 0 Å². The van der Waals surface area contributed by atoms with Gasteiger partial charge in [-0.15, -0.1) is 11.3 Å². The van der Waals surface area contributed by atoms with Crippen LogP contribution in [-0.4, -0.2) is 9.97 Å². The first-order valence-electron chi connectivity index (χ1n) is 4.89. The van der Waals surface area contributed by atoms with Gasteiger partial charge in [0.15, 0.2) is 0 Å². The molecule has 0 aliphatic heterocycles. The highest BCUT2D eigenvalue weighted by Gasteiger charge is 2.12. The number of halogens is 2. The zero-order valence-electron chi connectivity index (χ0n) is 8.52. The van der Waals surface area contributed by atoms with Crippen LogP contribution >= 0.6 is 11.3 Å². The average molecular weight is 248 g/mol. The van der Waals surface area contributed by atoms with Gasteiger partial charge in [0.2, 0.25) is 0 Å². The molecule has 0 saturated heterocycles. The van der Waals surface area contributed by atoms with Gasteiger partial charge in [0.25, 0.3) is 0 Å². The van der Waals surface area contributed by atoms with Gasteiger partial charge in [0, 0.05) is 17.0 Å². The summed E-state index contributed by atoms with van der Waals surface area (Å²) in [5.74, 6) is -1.21. The van der Waals surface area contributed by atoms with E-state index >= 15 is 0 Å².